The zero-order valence-electron chi connectivity index (χ0n) is 12.2. The quantitative estimate of drug-likeness (QED) is 0.623. The van der Waals surface area contributed by atoms with E-state index in [-0.39, 0.29) is 23.7 Å². The minimum Gasteiger partial charge on any atom is -0.479 e. The Bertz CT molecular complexity index is 490. The van der Waals surface area contributed by atoms with Crippen LogP contribution in [0.25, 0.3) is 0 Å². The lowest BCUT2D eigenvalue weighted by Gasteiger charge is -2.41. The lowest BCUT2D eigenvalue weighted by molar-refractivity contribution is -0.166. The first-order valence-corrected chi connectivity index (χ1v) is 7.73. The number of fused-ring (bicyclic) bond motifs is 1. The highest BCUT2D eigenvalue weighted by molar-refractivity contribution is 6.09. The molecule has 1 aliphatic heterocycles. The van der Waals surface area contributed by atoms with Gasteiger partial charge in [-0.25, -0.2) is 4.79 Å². The van der Waals surface area contributed by atoms with Crippen molar-refractivity contribution in [2.24, 2.45) is 17.8 Å². The van der Waals surface area contributed by atoms with E-state index in [1.54, 1.807) is 0 Å². The van der Waals surface area contributed by atoms with Crippen molar-refractivity contribution < 1.29 is 19.5 Å². The number of carboxylic acids is 1. The topological polar surface area (TPSA) is 74.7 Å². The number of carbonyl (C=O) groups is 3. The van der Waals surface area contributed by atoms with Crippen LogP contribution in [0.4, 0.5) is 0 Å². The van der Waals surface area contributed by atoms with Gasteiger partial charge in [-0.15, -0.1) is 0 Å². The number of allylic oxidation sites excluding steroid dienone is 2. The lowest BCUT2D eigenvalue weighted by atomic mass is 9.76. The molecule has 5 nitrogen and oxygen atoms in total. The molecule has 0 aromatic carbocycles. The largest absolute Gasteiger partial charge is 0.479 e. The summed E-state index contributed by atoms with van der Waals surface area (Å²) in [6, 6.07) is 0. The van der Waals surface area contributed by atoms with Crippen molar-refractivity contribution in [3.05, 3.63) is 12.2 Å². The Labute approximate surface area is 124 Å². The SMILES string of the molecule is CC1CCC(C(=O)O)(N2C(=O)[C@H]3CC=CC[C@H]3C2=O)CC1. The number of hydrogen-bond donors (Lipinski definition) is 1. The molecule has 21 heavy (non-hydrogen) atoms. The third-order valence-electron chi connectivity index (χ3n) is 5.44. The first kappa shape index (κ1) is 14.3. The molecule has 1 saturated heterocycles. The molecule has 0 spiro atoms. The number of amides is 2. The van der Waals surface area contributed by atoms with Gasteiger partial charge in [0, 0.05) is 0 Å². The molecule has 1 saturated carbocycles. The van der Waals surface area contributed by atoms with Gasteiger partial charge >= 0.3 is 5.97 Å². The minimum atomic E-state index is -1.31. The number of rotatable bonds is 2. The van der Waals surface area contributed by atoms with Crippen LogP contribution < -0.4 is 0 Å². The number of likely N-dealkylation sites (tertiary alicyclic amines) is 1. The van der Waals surface area contributed by atoms with Crippen molar-refractivity contribution in [3.8, 4) is 0 Å². The molecule has 114 valence electrons. The fraction of sp³-hybridized carbons (Fsp3) is 0.688. The summed E-state index contributed by atoms with van der Waals surface area (Å²) < 4.78 is 0. The number of nitrogens with zero attached hydrogens (tertiary/aromatic N) is 1. The van der Waals surface area contributed by atoms with Crippen LogP contribution in [0.3, 0.4) is 0 Å². The smallest absolute Gasteiger partial charge is 0.330 e. The normalized spacial score (nSPS) is 39.5. The third kappa shape index (κ3) is 2.01. The van der Waals surface area contributed by atoms with E-state index in [1.165, 1.54) is 0 Å². The van der Waals surface area contributed by atoms with Crippen LogP contribution in [0.2, 0.25) is 0 Å². The predicted molar refractivity (Wildman–Crippen MR) is 75.2 cm³/mol. The molecule has 2 fully saturated rings. The molecule has 0 aromatic heterocycles. The van der Waals surface area contributed by atoms with Gasteiger partial charge in [0.1, 0.15) is 5.54 Å². The molecule has 2 aliphatic carbocycles. The second-order valence-electron chi connectivity index (χ2n) is 6.69. The highest BCUT2D eigenvalue weighted by Crippen LogP contribution is 2.44. The van der Waals surface area contributed by atoms with Crippen LogP contribution in [0, 0.1) is 17.8 Å². The minimum absolute atomic E-state index is 0.272. The zero-order chi connectivity index (χ0) is 15.2. The highest BCUT2D eigenvalue weighted by atomic mass is 16.4. The Hall–Kier alpha value is -1.65. The molecule has 1 heterocycles. The monoisotopic (exact) mass is 291 g/mol. The van der Waals surface area contributed by atoms with Gasteiger partial charge in [0.2, 0.25) is 11.8 Å². The molecule has 2 amide bonds. The van der Waals surface area contributed by atoms with E-state index in [9.17, 15) is 19.5 Å². The second kappa shape index (κ2) is 4.97. The molecule has 3 aliphatic rings. The number of carboxylic acid groups (broad SMARTS) is 1. The van der Waals surface area contributed by atoms with Gasteiger partial charge in [0.25, 0.3) is 0 Å². The maximum Gasteiger partial charge on any atom is 0.330 e. The van der Waals surface area contributed by atoms with E-state index in [4.69, 9.17) is 0 Å². The van der Waals surface area contributed by atoms with Crippen LogP contribution in [0.1, 0.15) is 45.4 Å². The molecular weight excluding hydrogens is 270 g/mol. The fourth-order valence-electron chi connectivity index (χ4n) is 3.99. The molecule has 1 N–H and O–H groups in total. The Kier molecular flexibility index (Phi) is 3.38. The van der Waals surface area contributed by atoms with E-state index in [2.05, 4.69) is 6.92 Å². The summed E-state index contributed by atoms with van der Waals surface area (Å²) in [6.45, 7) is 2.09. The molecule has 2 atom stereocenters. The Morgan fingerprint density at radius 3 is 2.05 bits per heavy atom. The van der Waals surface area contributed by atoms with Crippen LogP contribution in [-0.2, 0) is 14.4 Å². The summed E-state index contributed by atoms with van der Waals surface area (Å²) in [5.74, 6) is -1.81. The second-order valence-corrected chi connectivity index (χ2v) is 6.69. The van der Waals surface area contributed by atoms with Crippen molar-refractivity contribution in [1.82, 2.24) is 4.90 Å². The van der Waals surface area contributed by atoms with Gasteiger partial charge in [-0.2, -0.15) is 0 Å². The van der Waals surface area contributed by atoms with Gasteiger partial charge in [-0.1, -0.05) is 19.1 Å². The molecule has 0 radical (unpaired) electrons. The first-order valence-electron chi connectivity index (χ1n) is 7.73. The van der Waals surface area contributed by atoms with Crippen LogP contribution in [0.15, 0.2) is 12.2 Å². The zero-order valence-corrected chi connectivity index (χ0v) is 12.2. The Morgan fingerprint density at radius 2 is 1.62 bits per heavy atom. The van der Waals surface area contributed by atoms with Gasteiger partial charge in [0.05, 0.1) is 11.8 Å². The molecule has 3 rings (SSSR count). The van der Waals surface area contributed by atoms with E-state index in [0.717, 1.165) is 17.7 Å². The summed E-state index contributed by atoms with van der Waals surface area (Å²) in [6.07, 6.45) is 7.21. The van der Waals surface area contributed by atoms with E-state index < -0.39 is 11.5 Å². The van der Waals surface area contributed by atoms with E-state index in [0.29, 0.717) is 31.6 Å². The van der Waals surface area contributed by atoms with Crippen molar-refractivity contribution in [2.45, 2.75) is 51.0 Å². The average molecular weight is 291 g/mol. The van der Waals surface area contributed by atoms with Crippen molar-refractivity contribution in [3.63, 3.8) is 0 Å². The van der Waals surface area contributed by atoms with Crippen molar-refractivity contribution in [1.29, 1.82) is 0 Å². The maximum absolute atomic E-state index is 12.6. The summed E-state index contributed by atoms with van der Waals surface area (Å²) in [5.41, 5.74) is -1.31. The fourth-order valence-corrected chi connectivity index (χ4v) is 3.99. The van der Waals surface area contributed by atoms with E-state index >= 15 is 0 Å². The summed E-state index contributed by atoms with van der Waals surface area (Å²) in [4.78, 5) is 38.3. The van der Waals surface area contributed by atoms with Gasteiger partial charge < -0.3 is 5.11 Å². The van der Waals surface area contributed by atoms with Crippen molar-refractivity contribution >= 4 is 17.8 Å². The number of aliphatic carboxylic acids is 1. The predicted octanol–water partition coefficient (Wildman–Crippen LogP) is 1.97. The van der Waals surface area contributed by atoms with Crippen LogP contribution in [0.5, 0.6) is 0 Å². The summed E-state index contributed by atoms with van der Waals surface area (Å²) in [7, 11) is 0. The molecular formula is C16H21NO4. The average Bonchev–Trinajstić information content (AvgIpc) is 2.73. The molecule has 5 heteroatoms. The molecule has 0 aromatic rings. The van der Waals surface area contributed by atoms with Crippen LogP contribution in [-0.4, -0.2) is 33.3 Å². The molecule has 0 unspecified atom stereocenters. The number of imide groups is 1. The van der Waals surface area contributed by atoms with E-state index in [1.807, 2.05) is 12.2 Å². The standard InChI is InChI=1S/C16H21NO4/c1-10-6-8-16(9-7-10,15(20)21)17-13(18)11-4-2-3-5-12(11)14(17)19/h2-3,10-12H,4-9H2,1H3,(H,20,21)/t10?,11-,12+,16?. The molecule has 0 bridgehead atoms. The number of carbonyl (C=O) groups excluding carboxylic acids is 2. The Balaban J connectivity index is 1.95. The van der Waals surface area contributed by atoms with Gasteiger partial charge in [-0.05, 0) is 44.4 Å². The first-order chi connectivity index (χ1) is 9.97. The lowest BCUT2D eigenvalue weighted by Crippen LogP contribution is -2.59. The van der Waals surface area contributed by atoms with Crippen molar-refractivity contribution in [2.75, 3.05) is 0 Å². The van der Waals surface area contributed by atoms with Gasteiger partial charge in [0.15, 0.2) is 0 Å². The highest BCUT2D eigenvalue weighted by Gasteiger charge is 2.58. The maximum atomic E-state index is 12.6. The summed E-state index contributed by atoms with van der Waals surface area (Å²) >= 11 is 0. The Morgan fingerprint density at radius 1 is 1.14 bits per heavy atom. The summed E-state index contributed by atoms with van der Waals surface area (Å²) in [5, 5.41) is 9.74. The number of hydrogen-bond acceptors (Lipinski definition) is 3. The van der Waals surface area contributed by atoms with Gasteiger partial charge in [-0.3, -0.25) is 14.5 Å². The van der Waals surface area contributed by atoms with Crippen LogP contribution >= 0.6 is 0 Å². The third-order valence-corrected chi connectivity index (χ3v) is 5.44.